The number of hydrogen-bond acceptors (Lipinski definition) is 3. The monoisotopic (exact) mass is 236 g/mol. The minimum atomic E-state index is -0.0926. The van der Waals surface area contributed by atoms with E-state index in [9.17, 15) is 0 Å². The standard InChI is InChI=1S/C12H13ClN2O/c13-8-2-3-10-9(6-8)15-11(16-10)7-12(14)4-1-5-12/h2-3,6H,1,4-5,7,14H2. The maximum absolute atomic E-state index is 6.16. The average molecular weight is 237 g/mol. The first-order chi connectivity index (χ1) is 7.65. The molecule has 16 heavy (non-hydrogen) atoms. The Bertz CT molecular complexity index is 531. The molecule has 0 atom stereocenters. The number of rotatable bonds is 2. The summed E-state index contributed by atoms with van der Waals surface area (Å²) >= 11 is 5.89. The van der Waals surface area contributed by atoms with Crippen molar-refractivity contribution in [2.45, 2.75) is 31.2 Å². The number of halogens is 1. The molecule has 1 aromatic heterocycles. The van der Waals surface area contributed by atoms with Gasteiger partial charge in [0.1, 0.15) is 5.52 Å². The van der Waals surface area contributed by atoms with Crippen molar-refractivity contribution in [3.63, 3.8) is 0 Å². The third-order valence-electron chi connectivity index (χ3n) is 3.25. The van der Waals surface area contributed by atoms with Crippen LogP contribution in [0.1, 0.15) is 25.2 Å². The second kappa shape index (κ2) is 3.47. The van der Waals surface area contributed by atoms with Crippen molar-refractivity contribution in [3.8, 4) is 0 Å². The van der Waals surface area contributed by atoms with Crippen molar-refractivity contribution >= 4 is 22.7 Å². The van der Waals surface area contributed by atoms with Crippen molar-refractivity contribution in [2.75, 3.05) is 0 Å². The Kier molecular flexibility index (Phi) is 2.19. The lowest BCUT2D eigenvalue weighted by Crippen LogP contribution is -2.48. The van der Waals surface area contributed by atoms with Crippen LogP contribution in [0.4, 0.5) is 0 Å². The van der Waals surface area contributed by atoms with Gasteiger partial charge in [0.05, 0.1) is 0 Å². The minimum Gasteiger partial charge on any atom is -0.441 e. The smallest absolute Gasteiger partial charge is 0.197 e. The Morgan fingerprint density at radius 3 is 2.94 bits per heavy atom. The number of nitrogens with zero attached hydrogens (tertiary/aromatic N) is 1. The lowest BCUT2D eigenvalue weighted by Gasteiger charge is -2.36. The highest BCUT2D eigenvalue weighted by Crippen LogP contribution is 2.33. The number of nitrogens with two attached hydrogens (primary N) is 1. The van der Waals surface area contributed by atoms with Gasteiger partial charge < -0.3 is 10.2 Å². The summed E-state index contributed by atoms with van der Waals surface area (Å²) in [5.74, 6) is 0.722. The molecule has 1 aliphatic rings. The minimum absolute atomic E-state index is 0.0926. The fraction of sp³-hybridized carbons (Fsp3) is 0.417. The molecule has 84 valence electrons. The summed E-state index contributed by atoms with van der Waals surface area (Å²) < 4.78 is 5.64. The van der Waals surface area contributed by atoms with Crippen LogP contribution in [0.15, 0.2) is 22.6 Å². The van der Waals surface area contributed by atoms with Crippen LogP contribution in [0.5, 0.6) is 0 Å². The predicted molar refractivity (Wildman–Crippen MR) is 63.5 cm³/mol. The zero-order valence-corrected chi connectivity index (χ0v) is 9.63. The van der Waals surface area contributed by atoms with Gasteiger partial charge in [0.2, 0.25) is 0 Å². The van der Waals surface area contributed by atoms with Crippen molar-refractivity contribution in [1.82, 2.24) is 4.98 Å². The van der Waals surface area contributed by atoms with E-state index in [1.807, 2.05) is 12.1 Å². The van der Waals surface area contributed by atoms with E-state index in [4.69, 9.17) is 21.8 Å². The van der Waals surface area contributed by atoms with Crippen LogP contribution < -0.4 is 5.73 Å². The third kappa shape index (κ3) is 1.70. The van der Waals surface area contributed by atoms with Crippen LogP contribution >= 0.6 is 11.6 Å². The normalized spacial score (nSPS) is 18.6. The first-order valence-electron chi connectivity index (χ1n) is 5.49. The van der Waals surface area contributed by atoms with Gasteiger partial charge in [-0.1, -0.05) is 11.6 Å². The van der Waals surface area contributed by atoms with Crippen molar-refractivity contribution < 1.29 is 4.42 Å². The van der Waals surface area contributed by atoms with Gasteiger partial charge in [-0.2, -0.15) is 0 Å². The van der Waals surface area contributed by atoms with Crippen LogP contribution in [0, 0.1) is 0 Å². The number of aromatic nitrogens is 1. The summed E-state index contributed by atoms with van der Waals surface area (Å²) in [5, 5.41) is 0.679. The predicted octanol–water partition coefficient (Wildman–Crippen LogP) is 2.91. The Morgan fingerprint density at radius 2 is 2.25 bits per heavy atom. The van der Waals surface area contributed by atoms with E-state index in [0.29, 0.717) is 5.02 Å². The van der Waals surface area contributed by atoms with Crippen LogP contribution in [0.25, 0.3) is 11.1 Å². The van der Waals surface area contributed by atoms with Crippen LogP contribution in [-0.2, 0) is 6.42 Å². The van der Waals surface area contributed by atoms with Gasteiger partial charge in [-0.3, -0.25) is 0 Å². The zero-order valence-electron chi connectivity index (χ0n) is 8.87. The molecule has 3 rings (SSSR count). The Morgan fingerprint density at radius 1 is 1.44 bits per heavy atom. The summed E-state index contributed by atoms with van der Waals surface area (Å²) in [7, 11) is 0. The largest absolute Gasteiger partial charge is 0.441 e. The molecule has 4 heteroatoms. The van der Waals surface area contributed by atoms with E-state index >= 15 is 0 Å². The molecule has 2 aromatic rings. The maximum atomic E-state index is 6.16. The maximum Gasteiger partial charge on any atom is 0.197 e. The fourth-order valence-electron chi connectivity index (χ4n) is 2.13. The number of benzene rings is 1. The first kappa shape index (κ1) is 10.1. The van der Waals surface area contributed by atoms with Crippen molar-refractivity contribution in [2.24, 2.45) is 5.73 Å². The molecule has 1 fully saturated rings. The van der Waals surface area contributed by atoms with E-state index in [-0.39, 0.29) is 5.54 Å². The summed E-state index contributed by atoms with van der Waals surface area (Å²) in [5.41, 5.74) is 7.66. The second-order valence-corrected chi connectivity index (χ2v) is 5.05. The molecule has 1 saturated carbocycles. The Hall–Kier alpha value is -1.06. The zero-order chi connectivity index (χ0) is 11.2. The van der Waals surface area contributed by atoms with Gasteiger partial charge >= 0.3 is 0 Å². The summed E-state index contributed by atoms with van der Waals surface area (Å²) in [4.78, 5) is 4.41. The van der Waals surface area contributed by atoms with Crippen LogP contribution in [0.3, 0.4) is 0 Å². The fourth-order valence-corrected chi connectivity index (χ4v) is 2.30. The van der Waals surface area contributed by atoms with Crippen molar-refractivity contribution in [3.05, 3.63) is 29.1 Å². The quantitative estimate of drug-likeness (QED) is 0.872. The lowest BCUT2D eigenvalue weighted by molar-refractivity contribution is 0.232. The van der Waals surface area contributed by atoms with E-state index < -0.39 is 0 Å². The van der Waals surface area contributed by atoms with Crippen molar-refractivity contribution in [1.29, 1.82) is 0 Å². The average Bonchev–Trinajstić information content (AvgIpc) is 2.56. The van der Waals surface area contributed by atoms with Gasteiger partial charge in [0.15, 0.2) is 11.5 Å². The topological polar surface area (TPSA) is 52.0 Å². The van der Waals surface area contributed by atoms with Gasteiger partial charge in [-0.05, 0) is 37.5 Å². The second-order valence-electron chi connectivity index (χ2n) is 4.61. The molecule has 0 amide bonds. The molecule has 3 nitrogen and oxygen atoms in total. The Labute approximate surface area is 98.6 Å². The lowest BCUT2D eigenvalue weighted by atomic mass is 9.75. The molecule has 0 radical (unpaired) electrons. The molecule has 0 spiro atoms. The molecule has 1 heterocycles. The number of fused-ring (bicyclic) bond motifs is 1. The van der Waals surface area contributed by atoms with E-state index in [2.05, 4.69) is 4.98 Å². The van der Waals surface area contributed by atoms with E-state index in [0.717, 1.165) is 36.3 Å². The molecular formula is C12H13ClN2O. The Balaban J connectivity index is 1.93. The SMILES string of the molecule is NC1(Cc2nc3cc(Cl)ccc3o2)CCC1. The molecule has 2 N–H and O–H groups in total. The molecule has 1 aliphatic carbocycles. The highest BCUT2D eigenvalue weighted by molar-refractivity contribution is 6.31. The number of oxazole rings is 1. The van der Waals surface area contributed by atoms with E-state index in [1.165, 1.54) is 6.42 Å². The molecule has 0 saturated heterocycles. The molecule has 0 unspecified atom stereocenters. The third-order valence-corrected chi connectivity index (χ3v) is 3.48. The molecule has 0 aliphatic heterocycles. The first-order valence-corrected chi connectivity index (χ1v) is 5.86. The van der Waals surface area contributed by atoms with Gasteiger partial charge in [-0.15, -0.1) is 0 Å². The van der Waals surface area contributed by atoms with Crippen LogP contribution in [-0.4, -0.2) is 10.5 Å². The van der Waals surface area contributed by atoms with Gasteiger partial charge in [0.25, 0.3) is 0 Å². The molecule has 0 bridgehead atoms. The summed E-state index contributed by atoms with van der Waals surface area (Å²) in [6, 6.07) is 5.46. The molecule has 1 aromatic carbocycles. The number of hydrogen-bond donors (Lipinski definition) is 1. The van der Waals surface area contributed by atoms with Gasteiger partial charge in [-0.25, -0.2) is 4.98 Å². The summed E-state index contributed by atoms with van der Waals surface area (Å²) in [6.45, 7) is 0. The molecular weight excluding hydrogens is 224 g/mol. The van der Waals surface area contributed by atoms with E-state index in [1.54, 1.807) is 6.07 Å². The van der Waals surface area contributed by atoms with Crippen LogP contribution in [0.2, 0.25) is 5.02 Å². The van der Waals surface area contributed by atoms with Gasteiger partial charge in [0, 0.05) is 17.0 Å². The highest BCUT2D eigenvalue weighted by atomic mass is 35.5. The highest BCUT2D eigenvalue weighted by Gasteiger charge is 2.34. The summed E-state index contributed by atoms with van der Waals surface area (Å²) in [6.07, 6.45) is 4.06.